The van der Waals surface area contributed by atoms with Gasteiger partial charge in [-0.25, -0.2) is 4.98 Å². The molecule has 2 aromatic rings. The van der Waals surface area contributed by atoms with Crippen LogP contribution in [-0.4, -0.2) is 111 Å². The van der Waals surface area contributed by atoms with Crippen LogP contribution in [0.2, 0.25) is 0 Å². The van der Waals surface area contributed by atoms with Crippen molar-refractivity contribution in [3.05, 3.63) is 54.1 Å². The Balaban J connectivity index is 1.66. The van der Waals surface area contributed by atoms with Crippen LogP contribution in [0.1, 0.15) is 64.6 Å². The number of amides is 6. The number of likely N-dealkylation sites (tertiary alicyclic amines) is 1. The SMILES string of the molecule is CC(=O)N1C[C@H](OCCCCc2ccccc2)C[C@H]1C(=O)N[C@@H](CC(C)C)C(=O)N[C@@H](Cc1cnc[nH]1)C(=O)N[C@@H](CO)C(=O)N[C@@H](C)C(N)=O. The maximum absolute atomic E-state index is 13.8. The zero-order valence-electron chi connectivity index (χ0n) is 29.7. The molecular weight excluding hydrogens is 660 g/mol. The van der Waals surface area contributed by atoms with E-state index in [2.05, 4.69) is 43.4 Å². The van der Waals surface area contributed by atoms with Gasteiger partial charge >= 0.3 is 0 Å². The maximum atomic E-state index is 13.8. The number of nitrogens with two attached hydrogens (primary N) is 1. The van der Waals surface area contributed by atoms with E-state index in [-0.39, 0.29) is 43.7 Å². The Kier molecular flexibility index (Phi) is 16.0. The Morgan fingerprint density at radius 1 is 0.961 bits per heavy atom. The van der Waals surface area contributed by atoms with E-state index in [0.29, 0.717) is 12.3 Å². The number of aromatic amines is 1. The molecule has 51 heavy (non-hydrogen) atoms. The van der Waals surface area contributed by atoms with E-state index in [1.165, 1.54) is 36.8 Å². The van der Waals surface area contributed by atoms with Gasteiger partial charge in [0.2, 0.25) is 35.4 Å². The first-order chi connectivity index (χ1) is 24.3. The van der Waals surface area contributed by atoms with E-state index in [1.807, 2.05) is 32.0 Å². The second-order valence-electron chi connectivity index (χ2n) is 13.3. The molecule has 0 spiro atoms. The van der Waals surface area contributed by atoms with E-state index in [4.69, 9.17) is 10.5 Å². The number of carbonyl (C=O) groups is 6. The van der Waals surface area contributed by atoms with Crippen LogP contribution >= 0.6 is 0 Å². The lowest BCUT2D eigenvalue weighted by Gasteiger charge is -2.28. The number of unbranched alkanes of at least 4 members (excludes halogenated alkanes) is 1. The predicted octanol–water partition coefficient (Wildman–Crippen LogP) is -0.536. The standard InChI is InChI=1S/C35H52N8O8/c1-21(2)14-27(41-35(50)30-16-26(18-43(30)23(4)45)51-13-9-8-12-24-10-6-5-7-11-24)32(47)40-28(15-25-17-37-20-38-25)33(48)42-29(19-44)34(49)39-22(3)31(36)46/h5-7,10-11,17,20-22,26-30,44H,8-9,12-16,18-19H2,1-4H3,(H2,36,46)(H,37,38)(H,39,49)(H,40,47)(H,41,50)(H,42,48)/t22-,26+,27-,28-,29-,30-/m0/s1. The van der Waals surface area contributed by atoms with Crippen LogP contribution in [0.3, 0.4) is 0 Å². The van der Waals surface area contributed by atoms with Gasteiger partial charge in [0.05, 0.1) is 19.0 Å². The summed E-state index contributed by atoms with van der Waals surface area (Å²) in [4.78, 5) is 85.7. The molecule has 0 aliphatic carbocycles. The highest BCUT2D eigenvalue weighted by Gasteiger charge is 2.40. The van der Waals surface area contributed by atoms with Gasteiger partial charge in [0.25, 0.3) is 0 Å². The van der Waals surface area contributed by atoms with E-state index < -0.39 is 66.4 Å². The number of aryl methyl sites for hydroxylation is 1. The second-order valence-corrected chi connectivity index (χ2v) is 13.3. The summed E-state index contributed by atoms with van der Waals surface area (Å²) < 4.78 is 6.06. The minimum absolute atomic E-state index is 0.0462. The first kappa shape index (κ1) is 40.6. The van der Waals surface area contributed by atoms with Gasteiger partial charge < -0.3 is 46.7 Å². The number of H-pyrrole nitrogens is 1. The molecule has 3 rings (SSSR count). The van der Waals surface area contributed by atoms with E-state index >= 15 is 0 Å². The molecule has 1 aliphatic rings. The first-order valence-electron chi connectivity index (χ1n) is 17.3. The normalized spacial score (nSPS) is 18.0. The summed E-state index contributed by atoms with van der Waals surface area (Å²) >= 11 is 0. The van der Waals surface area contributed by atoms with Crippen molar-refractivity contribution >= 4 is 35.4 Å². The van der Waals surface area contributed by atoms with Crippen LogP contribution in [0.5, 0.6) is 0 Å². The predicted molar refractivity (Wildman–Crippen MR) is 186 cm³/mol. The molecule has 1 aromatic heterocycles. The fourth-order valence-corrected chi connectivity index (χ4v) is 5.76. The number of rotatable bonds is 20. The minimum atomic E-state index is -1.45. The highest BCUT2D eigenvalue weighted by molar-refractivity contribution is 5.96. The number of primary amides is 1. The number of nitrogens with zero attached hydrogens (tertiary/aromatic N) is 2. The molecule has 0 bridgehead atoms. The van der Waals surface area contributed by atoms with Crippen molar-refractivity contribution in [1.82, 2.24) is 36.1 Å². The van der Waals surface area contributed by atoms with Crippen LogP contribution in [0.25, 0.3) is 0 Å². The topological polar surface area (TPSA) is 238 Å². The highest BCUT2D eigenvalue weighted by atomic mass is 16.5. The third-order valence-corrected chi connectivity index (χ3v) is 8.58. The molecule has 16 heteroatoms. The molecular formula is C35H52N8O8. The lowest BCUT2D eigenvalue weighted by atomic mass is 10.0. The Morgan fingerprint density at radius 3 is 2.24 bits per heavy atom. The number of aliphatic hydroxyl groups is 1. The summed E-state index contributed by atoms with van der Waals surface area (Å²) in [6.07, 6.45) is 5.62. The number of ether oxygens (including phenoxy) is 1. The molecule has 0 radical (unpaired) electrons. The molecule has 1 fully saturated rings. The van der Waals surface area contributed by atoms with Crippen molar-refractivity contribution in [2.45, 2.75) is 103 Å². The summed E-state index contributed by atoms with van der Waals surface area (Å²) in [5, 5.41) is 20.0. The Bertz CT molecular complexity index is 1450. The molecule has 2 heterocycles. The van der Waals surface area contributed by atoms with Crippen LogP contribution in [0.15, 0.2) is 42.9 Å². The van der Waals surface area contributed by atoms with Gasteiger partial charge in [-0.05, 0) is 44.1 Å². The molecule has 16 nitrogen and oxygen atoms in total. The average Bonchev–Trinajstić information content (AvgIpc) is 3.77. The first-order valence-corrected chi connectivity index (χ1v) is 17.3. The smallest absolute Gasteiger partial charge is 0.245 e. The number of nitrogens with one attached hydrogen (secondary N) is 5. The van der Waals surface area contributed by atoms with Crippen molar-refractivity contribution in [2.24, 2.45) is 11.7 Å². The van der Waals surface area contributed by atoms with Crippen LogP contribution < -0.4 is 27.0 Å². The van der Waals surface area contributed by atoms with E-state index in [1.54, 1.807) is 0 Å². The van der Waals surface area contributed by atoms with Crippen LogP contribution in [-0.2, 0) is 46.3 Å². The van der Waals surface area contributed by atoms with Crippen molar-refractivity contribution in [3.8, 4) is 0 Å². The molecule has 8 N–H and O–H groups in total. The number of carbonyl (C=O) groups excluding carboxylic acids is 6. The van der Waals surface area contributed by atoms with Gasteiger partial charge in [-0.15, -0.1) is 0 Å². The summed E-state index contributed by atoms with van der Waals surface area (Å²) in [5.41, 5.74) is 6.94. The Morgan fingerprint density at radius 2 is 1.63 bits per heavy atom. The fraction of sp³-hybridized carbons (Fsp3) is 0.571. The summed E-state index contributed by atoms with van der Waals surface area (Å²) in [5.74, 6) is -3.99. The average molecular weight is 713 g/mol. The molecule has 1 saturated heterocycles. The van der Waals surface area contributed by atoms with E-state index in [9.17, 15) is 33.9 Å². The molecule has 0 unspecified atom stereocenters. The summed E-state index contributed by atoms with van der Waals surface area (Å²) in [7, 11) is 0. The number of imidazole rings is 1. The van der Waals surface area contributed by atoms with Gasteiger partial charge in [0.1, 0.15) is 30.2 Å². The highest BCUT2D eigenvalue weighted by Crippen LogP contribution is 2.22. The monoisotopic (exact) mass is 712 g/mol. The van der Waals surface area contributed by atoms with Gasteiger partial charge in [-0.1, -0.05) is 44.2 Å². The number of aliphatic hydroxyl groups excluding tert-OH is 1. The van der Waals surface area contributed by atoms with Crippen molar-refractivity contribution in [3.63, 3.8) is 0 Å². The lowest BCUT2D eigenvalue weighted by molar-refractivity contribution is -0.138. The Labute approximate surface area is 298 Å². The zero-order chi connectivity index (χ0) is 37.5. The molecule has 6 atom stereocenters. The third kappa shape index (κ3) is 13.1. The third-order valence-electron chi connectivity index (χ3n) is 8.58. The number of benzene rings is 1. The molecule has 6 amide bonds. The second kappa shape index (κ2) is 20.1. The van der Waals surface area contributed by atoms with Gasteiger partial charge in [0, 0.05) is 44.8 Å². The molecule has 1 aromatic carbocycles. The molecule has 0 saturated carbocycles. The Hall–Kier alpha value is -4.83. The largest absolute Gasteiger partial charge is 0.394 e. The quantitative estimate of drug-likeness (QED) is 0.0872. The summed E-state index contributed by atoms with van der Waals surface area (Å²) in [6, 6.07) is 4.44. The van der Waals surface area contributed by atoms with Gasteiger partial charge in [-0.2, -0.15) is 0 Å². The van der Waals surface area contributed by atoms with E-state index in [0.717, 1.165) is 19.3 Å². The van der Waals surface area contributed by atoms with Gasteiger partial charge in [-0.3, -0.25) is 28.8 Å². The zero-order valence-corrected chi connectivity index (χ0v) is 29.7. The summed E-state index contributed by atoms with van der Waals surface area (Å²) in [6.45, 7) is 6.41. The maximum Gasteiger partial charge on any atom is 0.245 e. The minimum Gasteiger partial charge on any atom is -0.394 e. The van der Waals surface area contributed by atoms with Crippen molar-refractivity contribution in [1.29, 1.82) is 0 Å². The van der Waals surface area contributed by atoms with Crippen molar-refractivity contribution < 1.29 is 38.6 Å². The number of hydrogen-bond donors (Lipinski definition) is 7. The fourth-order valence-electron chi connectivity index (χ4n) is 5.76. The van der Waals surface area contributed by atoms with Crippen LogP contribution in [0.4, 0.5) is 0 Å². The van der Waals surface area contributed by atoms with Crippen LogP contribution in [0, 0.1) is 5.92 Å². The number of hydrogen-bond acceptors (Lipinski definition) is 9. The molecule has 280 valence electrons. The van der Waals surface area contributed by atoms with Gasteiger partial charge in [0.15, 0.2) is 0 Å². The number of aromatic nitrogens is 2. The lowest BCUT2D eigenvalue weighted by Crippen LogP contribution is -2.60. The molecule has 1 aliphatic heterocycles. The van der Waals surface area contributed by atoms with Crippen molar-refractivity contribution in [2.75, 3.05) is 19.8 Å².